The van der Waals surface area contributed by atoms with Crippen LogP contribution in [0.3, 0.4) is 0 Å². The van der Waals surface area contributed by atoms with E-state index in [9.17, 15) is 9.18 Å². The molecule has 27 heavy (non-hydrogen) atoms. The fraction of sp³-hybridized carbons (Fsp3) is 0.682. The van der Waals surface area contributed by atoms with Crippen LogP contribution in [0.2, 0.25) is 0 Å². The van der Waals surface area contributed by atoms with Gasteiger partial charge in [-0.1, -0.05) is 24.6 Å². The van der Waals surface area contributed by atoms with Crippen molar-refractivity contribution in [1.29, 1.82) is 0 Å². The maximum absolute atomic E-state index is 13.6. The number of nitrogens with one attached hydrogen (secondary N) is 1. The Kier molecular flexibility index (Phi) is 6.08. The second-order valence-electron chi connectivity index (χ2n) is 8.73. The summed E-state index contributed by atoms with van der Waals surface area (Å²) in [6.07, 6.45) is 7.39. The van der Waals surface area contributed by atoms with Gasteiger partial charge in [-0.05, 0) is 43.6 Å². The first-order valence-electron chi connectivity index (χ1n) is 10.6. The Morgan fingerprint density at radius 2 is 1.96 bits per heavy atom. The van der Waals surface area contributed by atoms with Gasteiger partial charge in [-0.3, -0.25) is 9.69 Å². The van der Waals surface area contributed by atoms with Crippen LogP contribution in [0.5, 0.6) is 0 Å². The number of nitrogens with zero attached hydrogens (tertiary/aromatic N) is 2. The first-order valence-corrected chi connectivity index (χ1v) is 10.6. The Morgan fingerprint density at radius 3 is 2.74 bits per heavy atom. The predicted octanol–water partition coefficient (Wildman–Crippen LogP) is 3.03. The number of hydrogen-bond donors (Lipinski definition) is 1. The van der Waals surface area contributed by atoms with E-state index in [1.165, 1.54) is 51.3 Å². The van der Waals surface area contributed by atoms with Crippen LogP contribution in [0.1, 0.15) is 44.1 Å². The van der Waals surface area contributed by atoms with Crippen molar-refractivity contribution in [2.45, 2.75) is 51.1 Å². The minimum atomic E-state index is -0.256. The quantitative estimate of drug-likeness (QED) is 0.798. The molecule has 1 aromatic rings. The average molecular weight is 374 g/mol. The summed E-state index contributed by atoms with van der Waals surface area (Å²) < 4.78 is 13.6. The van der Waals surface area contributed by atoms with Crippen LogP contribution in [-0.2, 0) is 11.3 Å². The van der Waals surface area contributed by atoms with Crippen LogP contribution < -0.4 is 5.32 Å². The highest BCUT2D eigenvalue weighted by atomic mass is 19.1. The highest BCUT2D eigenvalue weighted by Crippen LogP contribution is 2.33. The molecular formula is C22H32FN3O. The molecule has 3 saturated heterocycles. The van der Waals surface area contributed by atoms with E-state index < -0.39 is 0 Å². The molecule has 1 N–H and O–H groups in total. The summed E-state index contributed by atoms with van der Waals surface area (Å²) in [4.78, 5) is 17.5. The molecule has 148 valence electrons. The molecule has 4 aliphatic rings. The van der Waals surface area contributed by atoms with Gasteiger partial charge in [0.05, 0.1) is 0 Å². The van der Waals surface area contributed by atoms with Gasteiger partial charge >= 0.3 is 0 Å². The molecule has 4 nitrogen and oxygen atoms in total. The number of halogens is 1. The third-order valence-electron chi connectivity index (χ3n) is 6.71. The molecule has 3 heterocycles. The molecule has 5 heteroatoms. The topological polar surface area (TPSA) is 35.6 Å². The Balaban J connectivity index is 1.22. The SMILES string of the molecule is O=C(CCN1C[C@H]2CC[C@@H](C1)N(CC1CCC1)C2)NCc1ccccc1F. The van der Waals surface area contributed by atoms with Crippen molar-refractivity contribution in [1.82, 2.24) is 15.1 Å². The molecule has 0 spiro atoms. The fourth-order valence-corrected chi connectivity index (χ4v) is 4.87. The van der Waals surface area contributed by atoms with Crippen molar-refractivity contribution >= 4 is 5.91 Å². The molecule has 1 saturated carbocycles. The lowest BCUT2D eigenvalue weighted by Gasteiger charge is -2.40. The second kappa shape index (κ2) is 8.70. The van der Waals surface area contributed by atoms with Crippen LogP contribution in [-0.4, -0.2) is 54.5 Å². The van der Waals surface area contributed by atoms with Gasteiger partial charge in [-0.25, -0.2) is 4.39 Å². The number of carbonyl (C=O) groups excluding carboxylic acids is 1. The number of amides is 1. The number of rotatable bonds is 7. The normalized spacial score (nSPS) is 26.6. The third-order valence-corrected chi connectivity index (χ3v) is 6.71. The number of carbonyl (C=O) groups is 1. The Labute approximate surface area is 162 Å². The molecule has 0 aromatic heterocycles. The predicted molar refractivity (Wildman–Crippen MR) is 105 cm³/mol. The van der Waals surface area contributed by atoms with Gasteiger partial charge in [0.15, 0.2) is 0 Å². The molecule has 1 aromatic carbocycles. The molecule has 4 fully saturated rings. The molecule has 2 bridgehead atoms. The van der Waals surface area contributed by atoms with Gasteiger partial charge in [0.1, 0.15) is 5.82 Å². The number of fused-ring (bicyclic) bond motifs is 4. The molecule has 1 aliphatic carbocycles. The van der Waals surface area contributed by atoms with Crippen molar-refractivity contribution in [3.05, 3.63) is 35.6 Å². The average Bonchev–Trinajstić information content (AvgIpc) is 2.93. The standard InChI is InChI=1S/C22H32FN3O/c23-21-7-2-1-6-19(21)12-24-22(27)10-11-25-13-18-8-9-20(16-25)26(15-18)14-17-4-3-5-17/h1-2,6-7,17-18,20H,3-5,8-16H2,(H,24,27)/t18-,20+/m1/s1. The zero-order valence-corrected chi connectivity index (χ0v) is 16.2. The van der Waals surface area contributed by atoms with Crippen molar-refractivity contribution in [3.8, 4) is 0 Å². The molecular weight excluding hydrogens is 341 g/mol. The van der Waals surface area contributed by atoms with Crippen LogP contribution >= 0.6 is 0 Å². The zero-order chi connectivity index (χ0) is 18.6. The van der Waals surface area contributed by atoms with E-state index in [0.29, 0.717) is 18.0 Å². The number of benzene rings is 1. The van der Waals surface area contributed by atoms with Crippen molar-refractivity contribution in [3.63, 3.8) is 0 Å². The lowest BCUT2D eigenvalue weighted by Crippen LogP contribution is -2.47. The van der Waals surface area contributed by atoms with E-state index in [-0.39, 0.29) is 18.3 Å². The first-order chi connectivity index (χ1) is 13.2. The maximum atomic E-state index is 13.6. The fourth-order valence-electron chi connectivity index (χ4n) is 4.87. The summed E-state index contributed by atoms with van der Waals surface area (Å²) in [6, 6.07) is 7.30. The minimum Gasteiger partial charge on any atom is -0.352 e. The molecule has 5 rings (SSSR count). The minimum absolute atomic E-state index is 0.0150. The lowest BCUT2D eigenvalue weighted by molar-refractivity contribution is -0.121. The van der Waals surface area contributed by atoms with E-state index >= 15 is 0 Å². The summed E-state index contributed by atoms with van der Waals surface area (Å²) in [7, 11) is 0. The molecule has 0 unspecified atom stereocenters. The van der Waals surface area contributed by atoms with Gasteiger partial charge in [-0.2, -0.15) is 0 Å². The van der Waals surface area contributed by atoms with Crippen molar-refractivity contribution < 1.29 is 9.18 Å². The summed E-state index contributed by atoms with van der Waals surface area (Å²) in [5.74, 6) is 1.45. The lowest BCUT2D eigenvalue weighted by atomic mass is 9.83. The number of hydrogen-bond acceptors (Lipinski definition) is 3. The van der Waals surface area contributed by atoms with Gasteiger partial charge < -0.3 is 10.2 Å². The Bertz CT molecular complexity index is 648. The summed E-state index contributed by atoms with van der Waals surface area (Å²) in [5, 5.41) is 2.87. The smallest absolute Gasteiger partial charge is 0.221 e. The Hall–Kier alpha value is -1.46. The van der Waals surface area contributed by atoms with Crippen molar-refractivity contribution in [2.24, 2.45) is 11.8 Å². The number of piperidine rings is 1. The molecule has 0 radical (unpaired) electrons. The van der Waals surface area contributed by atoms with Crippen LogP contribution in [0.25, 0.3) is 0 Å². The summed E-state index contributed by atoms with van der Waals surface area (Å²) in [6.45, 7) is 5.84. The van der Waals surface area contributed by atoms with Crippen molar-refractivity contribution in [2.75, 3.05) is 32.7 Å². The van der Waals surface area contributed by atoms with Crippen LogP contribution in [0.15, 0.2) is 24.3 Å². The van der Waals surface area contributed by atoms with E-state index in [0.717, 1.165) is 31.5 Å². The molecule has 1 amide bonds. The monoisotopic (exact) mass is 373 g/mol. The van der Waals surface area contributed by atoms with E-state index in [4.69, 9.17) is 0 Å². The largest absolute Gasteiger partial charge is 0.352 e. The molecule has 2 atom stereocenters. The van der Waals surface area contributed by atoms with E-state index in [2.05, 4.69) is 15.1 Å². The van der Waals surface area contributed by atoms with E-state index in [1.54, 1.807) is 18.2 Å². The van der Waals surface area contributed by atoms with Gasteiger partial charge in [0.2, 0.25) is 5.91 Å². The first kappa shape index (κ1) is 18.9. The second-order valence-corrected chi connectivity index (χ2v) is 8.73. The highest BCUT2D eigenvalue weighted by Gasteiger charge is 2.36. The van der Waals surface area contributed by atoms with E-state index in [1.807, 2.05) is 0 Å². The van der Waals surface area contributed by atoms with Crippen LogP contribution in [0, 0.1) is 17.7 Å². The highest BCUT2D eigenvalue weighted by molar-refractivity contribution is 5.76. The molecule has 3 aliphatic heterocycles. The zero-order valence-electron chi connectivity index (χ0n) is 16.2. The third kappa shape index (κ3) is 4.88. The summed E-state index contributed by atoms with van der Waals surface area (Å²) in [5.41, 5.74) is 0.547. The van der Waals surface area contributed by atoms with Gasteiger partial charge in [-0.15, -0.1) is 0 Å². The Morgan fingerprint density at radius 1 is 1.11 bits per heavy atom. The van der Waals surface area contributed by atoms with Gasteiger partial charge in [0.25, 0.3) is 0 Å². The van der Waals surface area contributed by atoms with Crippen LogP contribution in [0.4, 0.5) is 4.39 Å². The van der Waals surface area contributed by atoms with Gasteiger partial charge in [0, 0.05) is 57.3 Å². The maximum Gasteiger partial charge on any atom is 0.221 e. The summed E-state index contributed by atoms with van der Waals surface area (Å²) >= 11 is 0.